The highest BCUT2D eigenvalue weighted by atomic mass is 79.9. The van der Waals surface area contributed by atoms with Crippen molar-refractivity contribution >= 4 is 34.2 Å². The second-order valence-corrected chi connectivity index (χ2v) is 6.43. The van der Waals surface area contributed by atoms with Gasteiger partial charge in [-0.05, 0) is 30.5 Å². The Hall–Kier alpha value is -0.620. The molecule has 2 N–H and O–H groups in total. The third-order valence-electron chi connectivity index (χ3n) is 4.00. The molecule has 0 spiro atoms. The third-order valence-corrected chi connectivity index (χ3v) is 4.53. The summed E-state index contributed by atoms with van der Waals surface area (Å²) in [5, 5.41) is 6.34. The molecule has 1 aliphatic carbocycles. The van der Waals surface area contributed by atoms with Gasteiger partial charge in [0.25, 0.3) is 0 Å². The molecule has 1 aromatic carbocycles. The maximum absolute atomic E-state index is 12.2. The summed E-state index contributed by atoms with van der Waals surface area (Å²) in [6.45, 7) is 1.64. The van der Waals surface area contributed by atoms with Crippen LogP contribution in [0.4, 0.5) is 0 Å². The van der Waals surface area contributed by atoms with Gasteiger partial charge in [0.2, 0.25) is 5.91 Å². The monoisotopic (exact) mass is 390 g/mol. The van der Waals surface area contributed by atoms with E-state index in [1.54, 1.807) is 7.11 Å². The van der Waals surface area contributed by atoms with Gasteiger partial charge in [-0.3, -0.25) is 4.79 Å². The van der Waals surface area contributed by atoms with Gasteiger partial charge >= 0.3 is 0 Å². The molecule has 0 heterocycles. The van der Waals surface area contributed by atoms with Gasteiger partial charge in [0.15, 0.2) is 0 Å². The summed E-state index contributed by atoms with van der Waals surface area (Å²) in [4.78, 5) is 12.2. The number of carbonyl (C=O) groups is 1. The molecule has 1 aliphatic rings. The topological polar surface area (TPSA) is 50.4 Å². The molecule has 1 saturated carbocycles. The highest BCUT2D eigenvalue weighted by Crippen LogP contribution is 2.39. The first-order chi connectivity index (χ1) is 10.2. The lowest BCUT2D eigenvalue weighted by molar-refractivity contribution is -0.122. The van der Waals surface area contributed by atoms with E-state index in [9.17, 15) is 4.79 Å². The van der Waals surface area contributed by atoms with E-state index in [0.717, 1.165) is 30.2 Å². The Balaban J connectivity index is 0.00000242. The van der Waals surface area contributed by atoms with Gasteiger partial charge < -0.3 is 15.4 Å². The van der Waals surface area contributed by atoms with Gasteiger partial charge in [-0.15, -0.1) is 12.4 Å². The van der Waals surface area contributed by atoms with Crippen LogP contribution in [0.2, 0.25) is 0 Å². The lowest BCUT2D eigenvalue weighted by Gasteiger charge is -2.31. The van der Waals surface area contributed by atoms with Crippen molar-refractivity contribution < 1.29 is 9.53 Å². The van der Waals surface area contributed by atoms with Gasteiger partial charge in [-0.25, -0.2) is 0 Å². The Morgan fingerprint density at radius 2 is 1.91 bits per heavy atom. The number of hydrogen-bond acceptors (Lipinski definition) is 3. The van der Waals surface area contributed by atoms with Crippen molar-refractivity contribution in [3.05, 3.63) is 34.3 Å². The van der Waals surface area contributed by atoms with E-state index in [1.165, 1.54) is 5.56 Å². The maximum Gasteiger partial charge on any atom is 0.234 e. The van der Waals surface area contributed by atoms with Gasteiger partial charge in [0.1, 0.15) is 0 Å². The van der Waals surface area contributed by atoms with Crippen molar-refractivity contribution in [2.75, 3.05) is 26.8 Å². The lowest BCUT2D eigenvalue weighted by Crippen LogP contribution is -2.47. The highest BCUT2D eigenvalue weighted by molar-refractivity contribution is 9.10. The number of halogens is 2. The van der Waals surface area contributed by atoms with Crippen molar-refractivity contribution in [3.8, 4) is 0 Å². The molecule has 2 rings (SSSR count). The fourth-order valence-corrected chi connectivity index (χ4v) is 3.18. The van der Waals surface area contributed by atoms with Crippen LogP contribution in [-0.2, 0) is 15.1 Å². The first-order valence-corrected chi connectivity index (χ1v) is 8.22. The largest absolute Gasteiger partial charge is 0.383 e. The van der Waals surface area contributed by atoms with Gasteiger partial charge in [-0.1, -0.05) is 40.9 Å². The number of nitrogens with one attached hydrogen (secondary N) is 2. The van der Waals surface area contributed by atoms with E-state index in [-0.39, 0.29) is 23.9 Å². The van der Waals surface area contributed by atoms with E-state index < -0.39 is 0 Å². The van der Waals surface area contributed by atoms with Gasteiger partial charge in [0.05, 0.1) is 18.7 Å². The molecule has 1 amide bonds. The molecule has 0 bridgehead atoms. The molecule has 0 radical (unpaired) electrons. The van der Waals surface area contributed by atoms with E-state index in [4.69, 9.17) is 4.74 Å². The van der Waals surface area contributed by atoms with Crippen LogP contribution in [0.5, 0.6) is 0 Å². The first kappa shape index (κ1) is 19.4. The second kappa shape index (κ2) is 9.50. The smallest absolute Gasteiger partial charge is 0.234 e. The van der Waals surface area contributed by atoms with Gasteiger partial charge in [-0.2, -0.15) is 0 Å². The number of benzene rings is 1. The molecule has 0 atom stereocenters. The molecule has 22 heavy (non-hydrogen) atoms. The van der Waals surface area contributed by atoms with Crippen LogP contribution in [0.25, 0.3) is 0 Å². The average Bonchev–Trinajstić information content (AvgIpc) is 2.94. The molecule has 6 heteroatoms. The molecular weight excluding hydrogens is 368 g/mol. The van der Waals surface area contributed by atoms with Crippen LogP contribution in [0.15, 0.2) is 28.7 Å². The Morgan fingerprint density at radius 3 is 2.50 bits per heavy atom. The zero-order chi connectivity index (χ0) is 15.1. The number of methoxy groups -OCH3 is 1. The summed E-state index contributed by atoms with van der Waals surface area (Å²) in [6.07, 6.45) is 4.35. The third kappa shape index (κ3) is 5.23. The molecule has 1 aromatic rings. The lowest BCUT2D eigenvalue weighted by atomic mass is 9.88. The number of rotatable bonds is 7. The molecular formula is C16H24BrClN2O2. The highest BCUT2D eigenvalue weighted by Gasteiger charge is 2.36. The first-order valence-electron chi connectivity index (χ1n) is 7.43. The molecule has 0 aromatic heterocycles. The van der Waals surface area contributed by atoms with Crippen molar-refractivity contribution in [1.29, 1.82) is 0 Å². The summed E-state index contributed by atoms with van der Waals surface area (Å²) >= 11 is 3.46. The van der Waals surface area contributed by atoms with E-state index in [1.807, 2.05) is 12.1 Å². The summed E-state index contributed by atoms with van der Waals surface area (Å²) in [6, 6.07) is 8.29. The summed E-state index contributed by atoms with van der Waals surface area (Å²) in [7, 11) is 1.66. The van der Waals surface area contributed by atoms with Crippen LogP contribution < -0.4 is 10.6 Å². The van der Waals surface area contributed by atoms with Crippen molar-refractivity contribution in [3.63, 3.8) is 0 Å². The summed E-state index contributed by atoms with van der Waals surface area (Å²) in [5.41, 5.74) is 1.01. The van der Waals surface area contributed by atoms with Crippen LogP contribution >= 0.6 is 28.3 Å². The van der Waals surface area contributed by atoms with Gasteiger partial charge in [0, 0.05) is 18.1 Å². The predicted molar refractivity (Wildman–Crippen MR) is 94.4 cm³/mol. The second-order valence-electron chi connectivity index (χ2n) is 5.51. The Kier molecular flexibility index (Phi) is 8.39. The van der Waals surface area contributed by atoms with Crippen molar-refractivity contribution in [2.45, 2.75) is 31.2 Å². The van der Waals surface area contributed by atoms with Crippen molar-refractivity contribution in [2.24, 2.45) is 0 Å². The number of ether oxygens (including phenoxy) is 1. The molecule has 0 saturated heterocycles. The minimum absolute atomic E-state index is 0. The molecule has 0 aliphatic heterocycles. The standard InChI is InChI=1S/C16H23BrN2O2.ClH/c1-21-11-10-18-12-15(20)19-16(8-2-3-9-16)13-4-6-14(17)7-5-13;/h4-7,18H,2-3,8-12H2,1H3,(H,19,20);1H. The van der Waals surface area contributed by atoms with Crippen LogP contribution in [0.3, 0.4) is 0 Å². The Morgan fingerprint density at radius 1 is 1.27 bits per heavy atom. The summed E-state index contributed by atoms with van der Waals surface area (Å²) < 4.78 is 6.02. The average molecular weight is 392 g/mol. The Bertz CT molecular complexity index is 462. The number of amides is 1. The van der Waals surface area contributed by atoms with E-state index in [0.29, 0.717) is 19.7 Å². The van der Waals surface area contributed by atoms with E-state index >= 15 is 0 Å². The zero-order valence-corrected chi connectivity index (χ0v) is 15.3. The minimum Gasteiger partial charge on any atom is -0.383 e. The number of hydrogen-bond donors (Lipinski definition) is 2. The van der Waals surface area contributed by atoms with Crippen LogP contribution in [0, 0.1) is 0 Å². The minimum atomic E-state index is -0.194. The van der Waals surface area contributed by atoms with E-state index in [2.05, 4.69) is 38.7 Å². The molecule has 4 nitrogen and oxygen atoms in total. The normalized spacial score (nSPS) is 16.1. The SMILES string of the molecule is COCCNCC(=O)NC1(c2ccc(Br)cc2)CCCC1.Cl. The molecule has 0 unspecified atom stereocenters. The number of carbonyl (C=O) groups excluding carboxylic acids is 1. The van der Waals surface area contributed by atoms with Crippen LogP contribution in [-0.4, -0.2) is 32.7 Å². The zero-order valence-electron chi connectivity index (χ0n) is 12.9. The molecule has 1 fully saturated rings. The molecule has 124 valence electrons. The van der Waals surface area contributed by atoms with Crippen molar-refractivity contribution in [1.82, 2.24) is 10.6 Å². The maximum atomic E-state index is 12.2. The Labute approximate surface area is 146 Å². The fraction of sp³-hybridized carbons (Fsp3) is 0.562. The summed E-state index contributed by atoms with van der Waals surface area (Å²) in [5.74, 6) is 0.0518. The quantitative estimate of drug-likeness (QED) is 0.703. The predicted octanol–water partition coefficient (Wildman–Crippen LogP) is 2.99. The van der Waals surface area contributed by atoms with Crippen LogP contribution in [0.1, 0.15) is 31.2 Å². The fourth-order valence-electron chi connectivity index (χ4n) is 2.92.